The molecule has 0 saturated carbocycles. The highest BCUT2D eigenvalue weighted by molar-refractivity contribution is 4.96. The molecule has 0 aromatic heterocycles. The zero-order chi connectivity index (χ0) is 20.6. The average Bonchev–Trinajstić information content (AvgIpc) is 2.60. The number of rotatable bonds is 4. The zero-order valence-corrected chi connectivity index (χ0v) is 19.7. The van der Waals surface area contributed by atoms with Gasteiger partial charge in [0.1, 0.15) is 0 Å². The molecule has 0 aromatic rings. The summed E-state index contributed by atoms with van der Waals surface area (Å²) in [5.74, 6) is 0. The van der Waals surface area contributed by atoms with Crippen LogP contribution in [0.15, 0.2) is 0 Å². The SMILES string of the molecule is CC1(C)C[C@]2(CCCN(CCCN3CCC[C@@]4(CCOC(C)(C)C4)C3)C2)CCO1. The Morgan fingerprint density at radius 1 is 0.655 bits per heavy atom. The second-order valence-corrected chi connectivity index (χ2v) is 12.2. The van der Waals surface area contributed by atoms with Gasteiger partial charge in [-0.1, -0.05) is 0 Å². The Labute approximate surface area is 179 Å². The molecular weight excluding hydrogens is 360 g/mol. The van der Waals surface area contributed by atoms with Crippen LogP contribution in [0.4, 0.5) is 0 Å². The van der Waals surface area contributed by atoms with Crippen molar-refractivity contribution in [3.8, 4) is 0 Å². The number of hydrogen-bond donors (Lipinski definition) is 0. The van der Waals surface area contributed by atoms with Crippen LogP contribution in [0.5, 0.6) is 0 Å². The van der Waals surface area contributed by atoms with Crippen LogP contribution < -0.4 is 0 Å². The Morgan fingerprint density at radius 2 is 1.10 bits per heavy atom. The molecule has 0 amide bonds. The van der Waals surface area contributed by atoms with Gasteiger partial charge in [-0.05, 0) is 122 Å². The van der Waals surface area contributed by atoms with Crippen LogP contribution in [-0.4, -0.2) is 73.5 Å². The van der Waals surface area contributed by atoms with E-state index in [4.69, 9.17) is 9.47 Å². The molecular formula is C25H46N2O2. The monoisotopic (exact) mass is 406 g/mol. The fourth-order valence-electron chi connectivity index (χ4n) is 7.39. The molecule has 2 spiro atoms. The maximum Gasteiger partial charge on any atom is 0.0632 e. The second kappa shape index (κ2) is 8.41. The first kappa shape index (κ1) is 22.0. The van der Waals surface area contributed by atoms with Gasteiger partial charge in [-0.25, -0.2) is 0 Å². The normalized spacial score (nSPS) is 38.5. The highest BCUT2D eigenvalue weighted by Gasteiger charge is 2.44. The third-order valence-corrected chi connectivity index (χ3v) is 8.28. The van der Waals surface area contributed by atoms with Crippen LogP contribution in [-0.2, 0) is 9.47 Å². The van der Waals surface area contributed by atoms with Crippen molar-refractivity contribution in [1.82, 2.24) is 9.80 Å². The van der Waals surface area contributed by atoms with Crippen molar-refractivity contribution in [2.45, 2.75) is 96.7 Å². The summed E-state index contributed by atoms with van der Waals surface area (Å²) in [5.41, 5.74) is 1.17. The first-order valence-corrected chi connectivity index (χ1v) is 12.4. The lowest BCUT2D eigenvalue weighted by molar-refractivity contribution is -0.124. The summed E-state index contributed by atoms with van der Waals surface area (Å²) in [4.78, 5) is 5.56. The lowest BCUT2D eigenvalue weighted by Gasteiger charge is -2.50. The fraction of sp³-hybridized carbons (Fsp3) is 1.00. The van der Waals surface area contributed by atoms with E-state index in [9.17, 15) is 0 Å². The van der Waals surface area contributed by atoms with E-state index in [1.807, 2.05) is 0 Å². The molecule has 0 bridgehead atoms. The van der Waals surface area contributed by atoms with Gasteiger partial charge < -0.3 is 19.3 Å². The van der Waals surface area contributed by atoms with Crippen LogP contribution in [0.2, 0.25) is 0 Å². The Hall–Kier alpha value is -0.160. The van der Waals surface area contributed by atoms with Crippen molar-refractivity contribution >= 4 is 0 Å². The van der Waals surface area contributed by atoms with Crippen molar-refractivity contribution in [1.29, 1.82) is 0 Å². The number of piperidine rings is 2. The van der Waals surface area contributed by atoms with Gasteiger partial charge in [-0.15, -0.1) is 0 Å². The quantitative estimate of drug-likeness (QED) is 0.674. The van der Waals surface area contributed by atoms with E-state index >= 15 is 0 Å². The molecule has 29 heavy (non-hydrogen) atoms. The minimum Gasteiger partial charge on any atom is -0.376 e. The smallest absolute Gasteiger partial charge is 0.0632 e. The molecule has 4 aliphatic heterocycles. The Bertz CT molecular complexity index is 507. The number of ether oxygens (including phenoxy) is 2. The highest BCUT2D eigenvalue weighted by atomic mass is 16.5. The molecule has 0 aromatic carbocycles. The Kier molecular flexibility index (Phi) is 6.39. The standard InChI is InChI=1S/C25H46N2O2/c1-22(2)18-24(10-16-28-22)8-5-12-26(20-24)14-7-15-27-13-6-9-25(21-27)11-17-29-23(3,4)19-25/h5-21H2,1-4H3/t24-,25-/m0/s1. The molecule has 4 rings (SSSR count). The van der Waals surface area contributed by atoms with Crippen LogP contribution in [0, 0.1) is 10.8 Å². The van der Waals surface area contributed by atoms with E-state index in [2.05, 4.69) is 37.5 Å². The maximum atomic E-state index is 6.02. The summed E-state index contributed by atoms with van der Waals surface area (Å²) in [7, 11) is 0. The Balaban J connectivity index is 1.25. The second-order valence-electron chi connectivity index (χ2n) is 12.2. The van der Waals surface area contributed by atoms with Gasteiger partial charge in [0.05, 0.1) is 11.2 Å². The van der Waals surface area contributed by atoms with Crippen molar-refractivity contribution in [3.05, 3.63) is 0 Å². The van der Waals surface area contributed by atoms with Crippen molar-refractivity contribution in [2.24, 2.45) is 10.8 Å². The molecule has 4 fully saturated rings. The van der Waals surface area contributed by atoms with E-state index in [1.54, 1.807) is 0 Å². The van der Waals surface area contributed by atoms with Gasteiger partial charge in [-0.2, -0.15) is 0 Å². The molecule has 0 N–H and O–H groups in total. The summed E-state index contributed by atoms with van der Waals surface area (Å²) in [6, 6.07) is 0. The van der Waals surface area contributed by atoms with Crippen LogP contribution >= 0.6 is 0 Å². The topological polar surface area (TPSA) is 24.9 Å². The molecule has 4 heteroatoms. The highest BCUT2D eigenvalue weighted by Crippen LogP contribution is 2.46. The van der Waals surface area contributed by atoms with E-state index in [0.29, 0.717) is 10.8 Å². The van der Waals surface area contributed by atoms with E-state index in [-0.39, 0.29) is 11.2 Å². The summed E-state index contributed by atoms with van der Waals surface area (Å²) in [6.45, 7) is 18.8. The van der Waals surface area contributed by atoms with Gasteiger partial charge in [0.2, 0.25) is 0 Å². The zero-order valence-electron chi connectivity index (χ0n) is 19.7. The third kappa shape index (κ3) is 5.56. The van der Waals surface area contributed by atoms with Gasteiger partial charge in [0, 0.05) is 26.3 Å². The van der Waals surface area contributed by atoms with Crippen LogP contribution in [0.1, 0.15) is 85.5 Å². The van der Waals surface area contributed by atoms with Crippen molar-refractivity contribution in [3.63, 3.8) is 0 Å². The predicted octanol–water partition coefficient (Wildman–Crippen LogP) is 4.72. The van der Waals surface area contributed by atoms with Gasteiger partial charge >= 0.3 is 0 Å². The van der Waals surface area contributed by atoms with Gasteiger partial charge in [0.15, 0.2) is 0 Å². The average molecular weight is 407 g/mol. The van der Waals surface area contributed by atoms with Crippen LogP contribution in [0.25, 0.3) is 0 Å². The fourth-order valence-corrected chi connectivity index (χ4v) is 7.39. The predicted molar refractivity (Wildman–Crippen MR) is 119 cm³/mol. The van der Waals surface area contributed by atoms with E-state index in [0.717, 1.165) is 13.2 Å². The Morgan fingerprint density at radius 3 is 1.52 bits per heavy atom. The van der Waals surface area contributed by atoms with E-state index < -0.39 is 0 Å². The molecule has 0 unspecified atom stereocenters. The van der Waals surface area contributed by atoms with Gasteiger partial charge in [0.25, 0.3) is 0 Å². The molecule has 0 radical (unpaired) electrons. The molecule has 168 valence electrons. The maximum absolute atomic E-state index is 6.02. The minimum absolute atomic E-state index is 0.0703. The van der Waals surface area contributed by atoms with Gasteiger partial charge in [-0.3, -0.25) is 0 Å². The molecule has 4 aliphatic rings. The number of hydrogen-bond acceptors (Lipinski definition) is 4. The van der Waals surface area contributed by atoms with Crippen molar-refractivity contribution < 1.29 is 9.47 Å². The molecule has 2 atom stereocenters. The summed E-state index contributed by atoms with van der Waals surface area (Å²) >= 11 is 0. The third-order valence-electron chi connectivity index (χ3n) is 8.28. The summed E-state index contributed by atoms with van der Waals surface area (Å²) < 4.78 is 12.0. The first-order chi connectivity index (χ1) is 13.7. The first-order valence-electron chi connectivity index (χ1n) is 12.4. The number of likely N-dealkylation sites (tertiary alicyclic amines) is 2. The van der Waals surface area contributed by atoms with E-state index in [1.165, 1.54) is 97.1 Å². The van der Waals surface area contributed by atoms with Crippen molar-refractivity contribution in [2.75, 3.05) is 52.5 Å². The molecule has 0 aliphatic carbocycles. The lowest BCUT2D eigenvalue weighted by atomic mass is 9.69. The molecule has 4 heterocycles. The summed E-state index contributed by atoms with van der Waals surface area (Å²) in [5, 5.41) is 0. The summed E-state index contributed by atoms with van der Waals surface area (Å²) in [6.07, 6.45) is 11.9. The molecule has 4 nitrogen and oxygen atoms in total. The van der Waals surface area contributed by atoms with Crippen LogP contribution in [0.3, 0.4) is 0 Å². The number of nitrogens with zero attached hydrogens (tertiary/aromatic N) is 2. The lowest BCUT2D eigenvalue weighted by Crippen LogP contribution is -2.52. The largest absolute Gasteiger partial charge is 0.376 e. The minimum atomic E-state index is 0.0703. The molecule has 4 saturated heterocycles.